The van der Waals surface area contributed by atoms with Gasteiger partial charge in [-0.1, -0.05) is 24.6 Å². The molecule has 8 rings (SSSR count). The molecule has 1 amide bonds. The molecule has 0 aliphatic heterocycles. The molecule has 1 fully saturated rings. The minimum atomic E-state index is -3.93. The zero-order valence-corrected chi connectivity index (χ0v) is 31.6. The number of aryl methyl sites for hydroxylation is 2. The predicted molar refractivity (Wildman–Crippen MR) is 197 cm³/mol. The van der Waals surface area contributed by atoms with Crippen LogP contribution in [0.4, 0.5) is 32.2 Å². The van der Waals surface area contributed by atoms with Crippen molar-refractivity contribution in [1.82, 2.24) is 29.1 Å². The minimum absolute atomic E-state index is 0.00170. The Balaban J connectivity index is 1.49. The molecular weight excluding hydrogens is 802 g/mol. The molecule has 298 valence electrons. The van der Waals surface area contributed by atoms with Crippen LogP contribution in [0.1, 0.15) is 71.6 Å². The Bertz CT molecular complexity index is 2840. The average Bonchev–Trinajstić information content (AvgIpc) is 3.65. The topological polar surface area (TPSA) is 160 Å². The third kappa shape index (κ3) is 6.30. The summed E-state index contributed by atoms with van der Waals surface area (Å²) in [5, 5.41) is 8.24. The van der Waals surface area contributed by atoms with E-state index in [1.165, 1.54) is 29.9 Å². The zero-order valence-electron chi connectivity index (χ0n) is 30.1. The Labute approximate surface area is 324 Å². The highest BCUT2D eigenvalue weighted by Gasteiger charge is 2.67. The van der Waals surface area contributed by atoms with Crippen molar-refractivity contribution in [2.45, 2.75) is 56.4 Å². The molecule has 3 aromatic heterocycles. The van der Waals surface area contributed by atoms with Gasteiger partial charge in [0, 0.05) is 24.6 Å². The van der Waals surface area contributed by atoms with Crippen molar-refractivity contribution in [2.24, 2.45) is 18.7 Å². The van der Waals surface area contributed by atoms with E-state index in [0.717, 1.165) is 28.5 Å². The Morgan fingerprint density at radius 1 is 1.07 bits per heavy atom. The largest absolute Gasteiger partial charge is 0.368 e. The van der Waals surface area contributed by atoms with Crippen LogP contribution in [-0.2, 0) is 40.6 Å². The van der Waals surface area contributed by atoms with Crippen LogP contribution < -0.4 is 16.0 Å². The fourth-order valence-electron chi connectivity index (χ4n) is 8.17. The zero-order chi connectivity index (χ0) is 41.0. The number of hydrogen-bond acceptors (Lipinski definition) is 7. The molecule has 6 aromatic rings. The van der Waals surface area contributed by atoms with E-state index in [2.05, 4.69) is 14.9 Å². The second-order valence-electron chi connectivity index (χ2n) is 14.4. The first-order chi connectivity index (χ1) is 26.8. The number of carbonyl (C=O) groups is 1. The van der Waals surface area contributed by atoms with Crippen LogP contribution in [0.25, 0.3) is 27.5 Å². The molecule has 0 spiro atoms. The van der Waals surface area contributed by atoms with Crippen molar-refractivity contribution in [1.29, 1.82) is 0 Å². The van der Waals surface area contributed by atoms with Crippen LogP contribution in [0.15, 0.2) is 53.3 Å². The van der Waals surface area contributed by atoms with Gasteiger partial charge in [0.1, 0.15) is 34.9 Å². The van der Waals surface area contributed by atoms with Crippen LogP contribution in [0.5, 0.6) is 0 Å². The number of alkyl halides is 4. The first kappa shape index (κ1) is 38.4. The number of amides is 1. The normalized spacial score (nSPS) is 18.2. The van der Waals surface area contributed by atoms with Gasteiger partial charge < -0.3 is 5.73 Å². The third-order valence-electron chi connectivity index (χ3n) is 10.6. The lowest BCUT2D eigenvalue weighted by atomic mass is 9.89. The number of benzene rings is 3. The SMILES string of the molecule is CCc1ccc2c(=O)n(-c3ccc(Cl)c4c(NS(C)(=O)=O)nn(C)c34)c([C@@H](Cc3cc(F)cc(F)c3)C(C(N)=O)n3nc(C(F)F)c4c3C(F)(F)[C@@H]3C[C@H]43)nc2c1. The molecule has 12 nitrogen and oxygen atoms in total. The summed E-state index contributed by atoms with van der Waals surface area (Å²) in [5.74, 6) is -11.8. The fourth-order valence-corrected chi connectivity index (χ4v) is 8.90. The summed E-state index contributed by atoms with van der Waals surface area (Å²) >= 11 is 6.60. The van der Waals surface area contributed by atoms with Crippen molar-refractivity contribution in [2.75, 3.05) is 11.0 Å². The summed E-state index contributed by atoms with van der Waals surface area (Å²) < 4.78 is 121. The Morgan fingerprint density at radius 3 is 2.40 bits per heavy atom. The molecule has 20 heteroatoms. The van der Waals surface area contributed by atoms with Crippen LogP contribution in [0.3, 0.4) is 0 Å². The van der Waals surface area contributed by atoms with Crippen LogP contribution >= 0.6 is 11.6 Å². The van der Waals surface area contributed by atoms with E-state index in [0.29, 0.717) is 17.2 Å². The number of hydrogen-bond donors (Lipinski definition) is 2. The van der Waals surface area contributed by atoms with Crippen LogP contribution in [0.2, 0.25) is 5.02 Å². The van der Waals surface area contributed by atoms with Crippen molar-refractivity contribution in [3.8, 4) is 5.69 Å². The Kier molecular flexibility index (Phi) is 8.99. The summed E-state index contributed by atoms with van der Waals surface area (Å²) in [5.41, 5.74) is 3.58. The molecule has 57 heavy (non-hydrogen) atoms. The molecule has 0 bridgehead atoms. The summed E-state index contributed by atoms with van der Waals surface area (Å²) in [6, 6.07) is 7.77. The first-order valence-corrected chi connectivity index (χ1v) is 19.8. The van der Waals surface area contributed by atoms with Crippen molar-refractivity contribution >= 4 is 55.2 Å². The second kappa shape index (κ2) is 13.3. The van der Waals surface area contributed by atoms with Crippen LogP contribution in [0, 0.1) is 17.6 Å². The number of rotatable bonds is 11. The molecule has 2 aliphatic rings. The lowest BCUT2D eigenvalue weighted by Gasteiger charge is -2.30. The van der Waals surface area contributed by atoms with Gasteiger partial charge in [0.05, 0.1) is 44.7 Å². The number of nitrogens with zero attached hydrogens (tertiary/aromatic N) is 6. The van der Waals surface area contributed by atoms with Crippen molar-refractivity contribution < 1.29 is 39.6 Å². The van der Waals surface area contributed by atoms with Gasteiger partial charge >= 0.3 is 0 Å². The standard InChI is InChI=1S/C37H31ClF6N8O4S/c1-4-15-5-6-19-24(12-15)46-35(51(36(19)54)25-8-7-23(38)27-30(25)50(2)48-34(27)49-57(3,55)56)21(11-16-9-17(39)13-18(40)10-16)29(33(45)53)52-31-26(28(47-52)32(41)42)20-14-22(20)37(31,43)44/h5-10,12-13,20-22,29,32H,4,11,14H2,1-3H3,(H2,45,53)(H,48,49)/t20-,21-,22+,29?/m0/s1. The van der Waals surface area contributed by atoms with E-state index in [4.69, 9.17) is 22.3 Å². The number of halogens is 7. The van der Waals surface area contributed by atoms with E-state index in [-0.39, 0.29) is 56.1 Å². The smallest absolute Gasteiger partial charge is 0.293 e. The van der Waals surface area contributed by atoms with Gasteiger partial charge in [-0.2, -0.15) is 19.0 Å². The summed E-state index contributed by atoms with van der Waals surface area (Å²) in [7, 11) is -2.51. The highest BCUT2D eigenvalue weighted by atomic mass is 35.5. The number of nitrogens with one attached hydrogen (secondary N) is 1. The lowest BCUT2D eigenvalue weighted by Crippen LogP contribution is -2.39. The first-order valence-electron chi connectivity index (χ1n) is 17.5. The maximum atomic E-state index is 16.1. The van der Waals surface area contributed by atoms with Gasteiger partial charge in [0.15, 0.2) is 5.82 Å². The number of fused-ring (bicyclic) bond motifs is 5. The average molecular weight is 833 g/mol. The Morgan fingerprint density at radius 2 is 1.77 bits per heavy atom. The maximum absolute atomic E-state index is 16.1. The third-order valence-corrected chi connectivity index (χ3v) is 11.5. The number of aromatic nitrogens is 6. The number of carbonyl (C=O) groups excluding carboxylic acids is 1. The second-order valence-corrected chi connectivity index (χ2v) is 16.5. The summed E-state index contributed by atoms with van der Waals surface area (Å²) in [4.78, 5) is 33.6. The highest BCUT2D eigenvalue weighted by molar-refractivity contribution is 7.92. The summed E-state index contributed by atoms with van der Waals surface area (Å²) in [6.07, 6.45) is -2.66. The van der Waals surface area contributed by atoms with Crippen molar-refractivity contribution in [3.63, 3.8) is 0 Å². The van der Waals surface area contributed by atoms with Gasteiger partial charge in [-0.05, 0) is 72.7 Å². The minimum Gasteiger partial charge on any atom is -0.368 e. The molecule has 3 heterocycles. The van der Waals surface area contributed by atoms with E-state index in [9.17, 15) is 35.6 Å². The number of nitrogens with two attached hydrogens (primary N) is 1. The predicted octanol–water partition coefficient (Wildman–Crippen LogP) is 6.53. The van der Waals surface area contributed by atoms with Gasteiger partial charge in [0.2, 0.25) is 15.9 Å². The molecule has 2 aliphatic carbocycles. The van der Waals surface area contributed by atoms with E-state index in [1.807, 2.05) is 6.92 Å². The molecule has 1 saturated carbocycles. The monoisotopic (exact) mass is 832 g/mol. The lowest BCUT2D eigenvalue weighted by molar-refractivity contribution is -0.122. The molecule has 0 saturated heterocycles. The van der Waals surface area contributed by atoms with Gasteiger partial charge in [-0.3, -0.25) is 23.6 Å². The van der Waals surface area contributed by atoms with E-state index in [1.54, 1.807) is 12.1 Å². The fraction of sp³-hybridized carbons (Fsp3) is 0.324. The molecule has 3 aromatic carbocycles. The molecule has 4 atom stereocenters. The number of anilines is 1. The highest BCUT2D eigenvalue weighted by Crippen LogP contribution is 2.68. The van der Waals surface area contributed by atoms with Gasteiger partial charge in [0.25, 0.3) is 17.9 Å². The van der Waals surface area contributed by atoms with Crippen molar-refractivity contribution in [3.05, 3.63) is 109 Å². The van der Waals surface area contributed by atoms with Gasteiger partial charge in [-0.15, -0.1) is 0 Å². The quantitative estimate of drug-likeness (QED) is 0.140. The van der Waals surface area contributed by atoms with Crippen LogP contribution in [-0.4, -0.2) is 49.7 Å². The molecule has 1 unspecified atom stereocenters. The molecule has 0 radical (unpaired) electrons. The van der Waals surface area contributed by atoms with E-state index < -0.39 is 92.6 Å². The number of sulfonamides is 1. The number of primary amides is 1. The Hall–Kier alpha value is -5.43. The molecule has 3 N–H and O–H groups in total. The van der Waals surface area contributed by atoms with E-state index >= 15 is 8.78 Å². The molecular formula is C37H31ClF6N8O4S. The van der Waals surface area contributed by atoms with Gasteiger partial charge in [-0.25, -0.2) is 35.6 Å². The summed E-state index contributed by atoms with van der Waals surface area (Å²) in [6.45, 7) is 1.84. The maximum Gasteiger partial charge on any atom is 0.293 e.